The fourth-order valence-corrected chi connectivity index (χ4v) is 3.93. The average Bonchev–Trinajstić information content (AvgIpc) is 3.32. The molecule has 0 saturated heterocycles. The summed E-state index contributed by atoms with van der Waals surface area (Å²) >= 11 is 0. The minimum atomic E-state index is -0.699. The number of amides is 1. The summed E-state index contributed by atoms with van der Waals surface area (Å²) in [5.74, 6) is -0.956. The molecule has 9 heteroatoms. The van der Waals surface area contributed by atoms with E-state index in [0.717, 1.165) is 5.39 Å². The summed E-state index contributed by atoms with van der Waals surface area (Å²) in [6, 6.07) is 22.2. The van der Waals surface area contributed by atoms with Gasteiger partial charge in [0.25, 0.3) is 11.6 Å². The lowest BCUT2D eigenvalue weighted by Crippen LogP contribution is -2.21. The van der Waals surface area contributed by atoms with E-state index in [-0.39, 0.29) is 16.9 Å². The third-order valence-corrected chi connectivity index (χ3v) is 5.69. The van der Waals surface area contributed by atoms with Crippen LogP contribution in [0.5, 0.6) is 0 Å². The van der Waals surface area contributed by atoms with Crippen LogP contribution in [0.1, 0.15) is 15.9 Å². The second kappa shape index (κ2) is 9.30. The highest BCUT2D eigenvalue weighted by Gasteiger charge is 2.19. The van der Waals surface area contributed by atoms with Crippen molar-refractivity contribution in [3.63, 3.8) is 0 Å². The van der Waals surface area contributed by atoms with Crippen molar-refractivity contribution < 1.29 is 23.7 Å². The summed E-state index contributed by atoms with van der Waals surface area (Å²) in [5, 5.41) is 14.9. The Morgan fingerprint density at radius 3 is 2.58 bits per heavy atom. The Kier molecular flexibility index (Phi) is 5.87. The molecule has 5 rings (SSSR count). The fraction of sp³-hybridized carbons (Fsp3) is 0.0741. The number of non-ortho nitro benzene ring substituents is 1. The first-order chi connectivity index (χ1) is 17.4. The second-order valence-corrected chi connectivity index (χ2v) is 8.08. The van der Waals surface area contributed by atoms with Crippen LogP contribution in [0.25, 0.3) is 33.3 Å². The third-order valence-electron chi connectivity index (χ3n) is 5.69. The van der Waals surface area contributed by atoms with Gasteiger partial charge in [0, 0.05) is 23.1 Å². The Morgan fingerprint density at radius 1 is 1.03 bits per heavy atom. The van der Waals surface area contributed by atoms with Crippen LogP contribution in [0.3, 0.4) is 0 Å². The van der Waals surface area contributed by atoms with Crippen molar-refractivity contribution in [3.8, 4) is 11.5 Å². The average molecular weight is 481 g/mol. The van der Waals surface area contributed by atoms with Gasteiger partial charge in [-0.3, -0.25) is 14.9 Å². The number of carbonyl (C=O) groups is 2. The predicted molar refractivity (Wildman–Crippen MR) is 134 cm³/mol. The number of nitro benzene ring substituents is 1. The molecule has 0 atom stereocenters. The van der Waals surface area contributed by atoms with Crippen molar-refractivity contribution in [2.24, 2.45) is 0 Å². The third kappa shape index (κ3) is 4.37. The summed E-state index contributed by atoms with van der Waals surface area (Å²) in [4.78, 5) is 40.5. The molecule has 1 N–H and O–H groups in total. The van der Waals surface area contributed by atoms with Crippen molar-refractivity contribution in [2.75, 3.05) is 11.9 Å². The number of aromatic nitrogens is 1. The number of hydrogen-bond donors (Lipinski definition) is 1. The molecule has 0 aliphatic heterocycles. The van der Waals surface area contributed by atoms with Crippen molar-refractivity contribution >= 4 is 45.1 Å². The summed E-state index contributed by atoms with van der Waals surface area (Å²) in [6.45, 7) is 1.14. The number of oxazole rings is 1. The van der Waals surface area contributed by atoms with Crippen molar-refractivity contribution in [1.29, 1.82) is 0 Å². The Hall–Kier alpha value is -5.05. The van der Waals surface area contributed by atoms with Crippen molar-refractivity contribution in [2.45, 2.75) is 6.92 Å². The number of fused-ring (bicyclic) bond motifs is 2. The molecule has 0 bridgehead atoms. The first kappa shape index (κ1) is 22.7. The minimum absolute atomic E-state index is 0.157. The number of nitrogens with one attached hydrogen (secondary N) is 1. The van der Waals surface area contributed by atoms with Crippen LogP contribution in [0, 0.1) is 17.0 Å². The van der Waals surface area contributed by atoms with E-state index in [1.165, 1.54) is 18.2 Å². The quantitative estimate of drug-likeness (QED) is 0.188. The lowest BCUT2D eigenvalue weighted by atomic mass is 9.99. The first-order valence-electron chi connectivity index (χ1n) is 11.0. The lowest BCUT2D eigenvalue weighted by Gasteiger charge is -2.11. The Bertz CT molecular complexity index is 1620. The smallest absolute Gasteiger partial charge is 0.339 e. The van der Waals surface area contributed by atoms with E-state index < -0.39 is 23.4 Å². The number of benzene rings is 4. The Morgan fingerprint density at radius 2 is 1.81 bits per heavy atom. The highest BCUT2D eigenvalue weighted by molar-refractivity contribution is 6.10. The molecule has 5 aromatic rings. The van der Waals surface area contributed by atoms with Crippen LogP contribution in [0.2, 0.25) is 0 Å². The number of rotatable bonds is 6. The predicted octanol–water partition coefficient (Wildman–Crippen LogP) is 5.66. The number of carbonyl (C=O) groups excluding carboxylic acids is 2. The SMILES string of the molecule is Cc1ccc([N+](=O)[O-])cc1NC(=O)COC(=O)c1cccc2cccc(-c3nc4ccccc4o3)c12. The van der Waals surface area contributed by atoms with Gasteiger partial charge in [0.1, 0.15) is 5.52 Å². The minimum Gasteiger partial charge on any atom is -0.452 e. The number of esters is 1. The summed E-state index contributed by atoms with van der Waals surface area (Å²) in [6.07, 6.45) is 0. The van der Waals surface area contributed by atoms with Gasteiger partial charge in [0.15, 0.2) is 12.2 Å². The van der Waals surface area contributed by atoms with Gasteiger partial charge in [0.05, 0.1) is 16.2 Å². The molecule has 178 valence electrons. The molecule has 4 aromatic carbocycles. The molecule has 1 aromatic heterocycles. The van der Waals surface area contributed by atoms with E-state index in [0.29, 0.717) is 33.5 Å². The van der Waals surface area contributed by atoms with E-state index in [2.05, 4.69) is 10.3 Å². The van der Waals surface area contributed by atoms with Gasteiger partial charge in [-0.25, -0.2) is 9.78 Å². The number of nitro groups is 1. The van der Waals surface area contributed by atoms with Gasteiger partial charge < -0.3 is 14.5 Å². The molecule has 0 aliphatic rings. The zero-order valence-electron chi connectivity index (χ0n) is 19.1. The van der Waals surface area contributed by atoms with Crippen molar-refractivity contribution in [3.05, 3.63) is 100 Å². The van der Waals surface area contributed by atoms with Gasteiger partial charge >= 0.3 is 5.97 Å². The number of anilines is 1. The maximum absolute atomic E-state index is 13.0. The molecule has 0 spiro atoms. The van der Waals surface area contributed by atoms with Crippen LogP contribution >= 0.6 is 0 Å². The summed E-state index contributed by atoms with van der Waals surface area (Å²) in [5.41, 5.74) is 2.94. The van der Waals surface area contributed by atoms with E-state index in [9.17, 15) is 19.7 Å². The molecule has 0 unspecified atom stereocenters. The van der Waals surface area contributed by atoms with Crippen molar-refractivity contribution in [1.82, 2.24) is 4.98 Å². The van der Waals surface area contributed by atoms with Crippen LogP contribution in [-0.2, 0) is 9.53 Å². The van der Waals surface area contributed by atoms with Gasteiger partial charge in [-0.2, -0.15) is 0 Å². The zero-order chi connectivity index (χ0) is 25.2. The monoisotopic (exact) mass is 481 g/mol. The van der Waals surface area contributed by atoms with E-state index in [4.69, 9.17) is 9.15 Å². The fourth-order valence-electron chi connectivity index (χ4n) is 3.93. The number of nitrogens with zero attached hydrogens (tertiary/aromatic N) is 2. The molecule has 9 nitrogen and oxygen atoms in total. The van der Waals surface area contributed by atoms with Crippen LogP contribution in [0.4, 0.5) is 11.4 Å². The molecular formula is C27H19N3O6. The highest BCUT2D eigenvalue weighted by Crippen LogP contribution is 2.33. The number of ether oxygens (including phenoxy) is 1. The molecule has 1 heterocycles. The maximum Gasteiger partial charge on any atom is 0.339 e. The summed E-state index contributed by atoms with van der Waals surface area (Å²) in [7, 11) is 0. The lowest BCUT2D eigenvalue weighted by molar-refractivity contribution is -0.384. The van der Waals surface area contributed by atoms with Gasteiger partial charge in [-0.15, -0.1) is 0 Å². The number of hydrogen-bond acceptors (Lipinski definition) is 7. The van der Waals surface area contributed by atoms with E-state index in [1.54, 1.807) is 19.1 Å². The Labute approximate surface area is 204 Å². The van der Waals surface area contributed by atoms with Gasteiger partial charge in [-0.1, -0.05) is 42.5 Å². The number of aryl methyl sites for hydroxylation is 1. The van der Waals surface area contributed by atoms with Crippen LogP contribution in [0.15, 0.2) is 83.3 Å². The number of para-hydroxylation sites is 2. The standard InChI is InChI=1S/C27H19N3O6/c1-16-12-13-18(30(33)34)14-22(16)28-24(31)15-35-27(32)20-9-5-7-17-6-4-8-19(25(17)20)26-29-21-10-2-3-11-23(21)36-26/h2-14H,15H2,1H3,(H,28,31). The molecule has 0 aliphatic carbocycles. The Balaban J connectivity index is 1.40. The maximum atomic E-state index is 13.0. The second-order valence-electron chi connectivity index (χ2n) is 8.08. The first-order valence-corrected chi connectivity index (χ1v) is 11.0. The largest absolute Gasteiger partial charge is 0.452 e. The molecule has 0 radical (unpaired) electrons. The van der Waals surface area contributed by atoms with Crippen LogP contribution in [-0.4, -0.2) is 28.4 Å². The van der Waals surface area contributed by atoms with E-state index >= 15 is 0 Å². The zero-order valence-corrected chi connectivity index (χ0v) is 19.1. The summed E-state index contributed by atoms with van der Waals surface area (Å²) < 4.78 is 11.2. The van der Waals surface area contributed by atoms with Crippen LogP contribution < -0.4 is 5.32 Å². The topological polar surface area (TPSA) is 125 Å². The van der Waals surface area contributed by atoms with Gasteiger partial charge in [0.2, 0.25) is 5.89 Å². The molecule has 0 fully saturated rings. The molecular weight excluding hydrogens is 462 g/mol. The molecule has 36 heavy (non-hydrogen) atoms. The molecule has 1 amide bonds. The van der Waals surface area contributed by atoms with Gasteiger partial charge in [-0.05, 0) is 42.1 Å². The normalized spacial score (nSPS) is 10.9. The molecule has 0 saturated carbocycles. The van der Waals surface area contributed by atoms with E-state index in [1.807, 2.05) is 48.5 Å². The highest BCUT2D eigenvalue weighted by atomic mass is 16.6.